The number of halogens is 1. The fourth-order valence-electron chi connectivity index (χ4n) is 1.48. The van der Waals surface area contributed by atoms with Crippen LogP contribution in [0.4, 0.5) is 5.69 Å². The molecule has 7 nitrogen and oxygen atoms in total. The number of amides is 1. The molecule has 0 radical (unpaired) electrons. The summed E-state index contributed by atoms with van der Waals surface area (Å²) >= 11 is 5.63. The lowest BCUT2D eigenvalue weighted by molar-refractivity contribution is -0.385. The number of carbonyl (C=O) groups excluding carboxylic acids is 1. The van der Waals surface area contributed by atoms with Gasteiger partial charge in [-0.1, -0.05) is 11.6 Å². The molecule has 0 aliphatic rings. The molecule has 1 rings (SSSR count). The lowest BCUT2D eigenvalue weighted by atomic mass is 10.2. The first kappa shape index (κ1) is 15.3. The van der Waals surface area contributed by atoms with Crippen LogP contribution in [0, 0.1) is 10.1 Å². The van der Waals surface area contributed by atoms with Crippen molar-refractivity contribution in [2.75, 3.05) is 27.2 Å². The van der Waals surface area contributed by atoms with E-state index < -0.39 is 16.5 Å². The predicted octanol–water partition coefficient (Wildman–Crippen LogP) is 1.32. The van der Waals surface area contributed by atoms with E-state index >= 15 is 0 Å². The highest BCUT2D eigenvalue weighted by molar-refractivity contribution is 6.32. The van der Waals surface area contributed by atoms with Crippen LogP contribution in [0.25, 0.3) is 0 Å². The molecule has 0 aromatic carbocycles. The van der Waals surface area contributed by atoms with Crippen LogP contribution in [-0.2, 0) is 0 Å². The van der Waals surface area contributed by atoms with Gasteiger partial charge in [-0.2, -0.15) is 0 Å². The second kappa shape index (κ2) is 7.01. The van der Waals surface area contributed by atoms with E-state index in [9.17, 15) is 14.9 Å². The van der Waals surface area contributed by atoms with Crippen molar-refractivity contribution in [1.82, 2.24) is 15.2 Å². The average Bonchev–Trinajstić information content (AvgIpc) is 2.33. The molecular weight excluding hydrogens is 272 g/mol. The van der Waals surface area contributed by atoms with Crippen molar-refractivity contribution in [3.8, 4) is 0 Å². The van der Waals surface area contributed by atoms with Crippen molar-refractivity contribution >= 4 is 23.2 Å². The second-order valence-electron chi connectivity index (χ2n) is 4.17. The van der Waals surface area contributed by atoms with Gasteiger partial charge in [0.1, 0.15) is 5.56 Å². The average molecular weight is 287 g/mol. The molecule has 0 atom stereocenters. The maximum atomic E-state index is 11.9. The molecule has 1 aromatic heterocycles. The number of pyridine rings is 1. The van der Waals surface area contributed by atoms with Crippen molar-refractivity contribution < 1.29 is 9.72 Å². The summed E-state index contributed by atoms with van der Waals surface area (Å²) in [5, 5.41) is 13.2. The van der Waals surface area contributed by atoms with E-state index in [4.69, 9.17) is 11.6 Å². The van der Waals surface area contributed by atoms with Gasteiger partial charge in [0.2, 0.25) is 5.15 Å². The molecule has 0 spiro atoms. The molecule has 0 unspecified atom stereocenters. The van der Waals surface area contributed by atoms with Crippen molar-refractivity contribution in [1.29, 1.82) is 0 Å². The quantitative estimate of drug-likeness (QED) is 0.369. The van der Waals surface area contributed by atoms with E-state index in [1.165, 1.54) is 12.3 Å². The number of hydrogen-bond donors (Lipinski definition) is 1. The summed E-state index contributed by atoms with van der Waals surface area (Å²) in [6.07, 6.45) is 2.02. The van der Waals surface area contributed by atoms with Gasteiger partial charge in [0.15, 0.2) is 0 Å². The highest BCUT2D eigenvalue weighted by Crippen LogP contribution is 2.25. The van der Waals surface area contributed by atoms with E-state index in [1.807, 2.05) is 19.0 Å². The topological polar surface area (TPSA) is 88.4 Å². The Morgan fingerprint density at radius 2 is 2.26 bits per heavy atom. The predicted molar refractivity (Wildman–Crippen MR) is 71.4 cm³/mol. The summed E-state index contributed by atoms with van der Waals surface area (Å²) in [6.45, 7) is 1.26. The fourth-order valence-corrected chi connectivity index (χ4v) is 1.70. The van der Waals surface area contributed by atoms with Gasteiger partial charge >= 0.3 is 5.69 Å². The molecule has 0 saturated heterocycles. The number of rotatable bonds is 6. The molecule has 8 heteroatoms. The Hall–Kier alpha value is -1.73. The minimum absolute atomic E-state index is 0.0742. The second-order valence-corrected chi connectivity index (χ2v) is 4.53. The zero-order valence-corrected chi connectivity index (χ0v) is 11.5. The Morgan fingerprint density at radius 1 is 1.58 bits per heavy atom. The van der Waals surface area contributed by atoms with Crippen LogP contribution >= 0.6 is 11.6 Å². The number of nitro groups is 1. The largest absolute Gasteiger partial charge is 0.352 e. The first-order valence-electron chi connectivity index (χ1n) is 5.65. The Kier molecular flexibility index (Phi) is 5.65. The van der Waals surface area contributed by atoms with Gasteiger partial charge in [0.05, 0.1) is 4.92 Å². The normalized spacial score (nSPS) is 10.5. The van der Waals surface area contributed by atoms with Gasteiger partial charge in [0.25, 0.3) is 5.91 Å². The zero-order valence-electron chi connectivity index (χ0n) is 10.7. The summed E-state index contributed by atoms with van der Waals surface area (Å²) in [5.41, 5.74) is -0.538. The third-order valence-corrected chi connectivity index (χ3v) is 2.65. The number of nitrogens with one attached hydrogen (secondary N) is 1. The van der Waals surface area contributed by atoms with Gasteiger partial charge in [-0.25, -0.2) is 4.98 Å². The molecule has 1 N–H and O–H groups in total. The number of carbonyl (C=O) groups is 1. The van der Waals surface area contributed by atoms with Crippen molar-refractivity contribution in [2.45, 2.75) is 6.42 Å². The molecule has 19 heavy (non-hydrogen) atoms. The van der Waals surface area contributed by atoms with Crippen LogP contribution in [-0.4, -0.2) is 47.9 Å². The molecule has 1 heterocycles. The number of aromatic nitrogens is 1. The summed E-state index contributed by atoms with van der Waals surface area (Å²) in [4.78, 5) is 27.6. The van der Waals surface area contributed by atoms with Crippen LogP contribution < -0.4 is 5.32 Å². The molecule has 0 aliphatic heterocycles. The molecule has 0 aliphatic carbocycles. The van der Waals surface area contributed by atoms with Gasteiger partial charge in [-0.05, 0) is 33.1 Å². The highest BCUT2D eigenvalue weighted by atomic mass is 35.5. The zero-order chi connectivity index (χ0) is 14.4. The van der Waals surface area contributed by atoms with Crippen molar-refractivity contribution in [3.63, 3.8) is 0 Å². The summed E-state index contributed by atoms with van der Waals surface area (Å²) in [5.74, 6) is -0.519. The van der Waals surface area contributed by atoms with Gasteiger partial charge in [0, 0.05) is 12.7 Å². The smallest absolute Gasteiger partial charge is 0.319 e. The molecule has 0 saturated carbocycles. The van der Waals surface area contributed by atoms with Crippen LogP contribution in [0.2, 0.25) is 5.15 Å². The standard InChI is InChI=1S/C11H15ClN4O3/c1-15(2)7-3-5-14-11(17)8-4-6-13-10(12)9(8)16(18)19/h4,6H,3,5,7H2,1-2H3,(H,14,17). The monoisotopic (exact) mass is 286 g/mol. The molecule has 1 amide bonds. The molecular formula is C11H15ClN4O3. The first-order chi connectivity index (χ1) is 8.93. The van der Waals surface area contributed by atoms with E-state index in [0.29, 0.717) is 6.54 Å². The fraction of sp³-hybridized carbons (Fsp3) is 0.455. The Labute approximate surface area is 115 Å². The highest BCUT2D eigenvalue weighted by Gasteiger charge is 2.24. The van der Waals surface area contributed by atoms with Crippen LogP contribution in [0.1, 0.15) is 16.8 Å². The van der Waals surface area contributed by atoms with Crippen LogP contribution in [0.15, 0.2) is 12.3 Å². The maximum absolute atomic E-state index is 11.9. The molecule has 1 aromatic rings. The summed E-state index contributed by atoms with van der Waals surface area (Å²) in [7, 11) is 3.85. The Bertz CT molecular complexity index is 479. The van der Waals surface area contributed by atoms with E-state index in [1.54, 1.807) is 0 Å². The van der Waals surface area contributed by atoms with E-state index in [-0.39, 0.29) is 10.7 Å². The van der Waals surface area contributed by atoms with Crippen LogP contribution in [0.5, 0.6) is 0 Å². The minimum atomic E-state index is -0.704. The van der Waals surface area contributed by atoms with E-state index in [0.717, 1.165) is 13.0 Å². The van der Waals surface area contributed by atoms with Gasteiger partial charge in [-0.3, -0.25) is 14.9 Å². The van der Waals surface area contributed by atoms with Gasteiger partial charge in [-0.15, -0.1) is 0 Å². The molecule has 0 bridgehead atoms. The first-order valence-corrected chi connectivity index (χ1v) is 6.03. The molecule has 0 fully saturated rings. The lowest BCUT2D eigenvalue weighted by Gasteiger charge is -2.10. The van der Waals surface area contributed by atoms with E-state index in [2.05, 4.69) is 10.3 Å². The van der Waals surface area contributed by atoms with Crippen molar-refractivity contribution in [2.24, 2.45) is 0 Å². The summed E-state index contributed by atoms with van der Waals surface area (Å²) in [6, 6.07) is 1.28. The van der Waals surface area contributed by atoms with Gasteiger partial charge < -0.3 is 10.2 Å². The molecule has 104 valence electrons. The third-order valence-electron chi connectivity index (χ3n) is 2.37. The SMILES string of the molecule is CN(C)CCCNC(=O)c1ccnc(Cl)c1[N+](=O)[O-]. The van der Waals surface area contributed by atoms with Crippen molar-refractivity contribution in [3.05, 3.63) is 33.1 Å². The Balaban J connectivity index is 2.72. The third kappa shape index (κ3) is 4.46. The minimum Gasteiger partial charge on any atom is -0.352 e. The lowest BCUT2D eigenvalue weighted by Crippen LogP contribution is -2.27. The van der Waals surface area contributed by atoms with Crippen LogP contribution in [0.3, 0.4) is 0 Å². The maximum Gasteiger partial charge on any atom is 0.319 e. The summed E-state index contributed by atoms with van der Waals surface area (Å²) < 4.78 is 0. The number of hydrogen-bond acceptors (Lipinski definition) is 5. The number of nitrogens with zero attached hydrogens (tertiary/aromatic N) is 3. The Morgan fingerprint density at radius 3 is 2.84 bits per heavy atom.